The minimum Gasteiger partial charge on any atom is -0.396 e. The van der Waals surface area contributed by atoms with Crippen molar-refractivity contribution in [2.24, 2.45) is 11.8 Å². The highest BCUT2D eigenvalue weighted by molar-refractivity contribution is 4.59. The second-order valence-electron chi connectivity index (χ2n) is 8.71. The summed E-state index contributed by atoms with van der Waals surface area (Å²) in [6.45, 7) is 7.44. The first-order chi connectivity index (χ1) is 12.2. The number of aliphatic hydroxyl groups excluding tert-OH is 1. The van der Waals surface area contributed by atoms with E-state index in [-0.39, 0.29) is 0 Å². The predicted octanol–water partition coefficient (Wildman–Crippen LogP) is 8.29. The van der Waals surface area contributed by atoms with Gasteiger partial charge in [-0.25, -0.2) is 0 Å². The molecule has 0 fully saturated rings. The molecular formula is C24H50O. The molecule has 25 heavy (non-hydrogen) atoms. The van der Waals surface area contributed by atoms with Gasteiger partial charge in [0.25, 0.3) is 0 Å². The van der Waals surface area contributed by atoms with Crippen LogP contribution in [0.5, 0.6) is 0 Å². The molecule has 0 radical (unpaired) electrons. The summed E-state index contributed by atoms with van der Waals surface area (Å²) in [5, 5.41) is 8.75. The lowest BCUT2D eigenvalue weighted by Gasteiger charge is -2.14. The van der Waals surface area contributed by atoms with Crippen molar-refractivity contribution in [1.29, 1.82) is 0 Å². The Kier molecular flexibility index (Phi) is 20.2. The molecule has 0 amide bonds. The number of rotatable bonds is 20. The Hall–Kier alpha value is -0.0400. The molecular weight excluding hydrogens is 304 g/mol. The average Bonchev–Trinajstić information content (AvgIpc) is 2.60. The minimum atomic E-state index is 0.372. The van der Waals surface area contributed by atoms with E-state index < -0.39 is 0 Å². The Bertz CT molecular complexity index is 236. The van der Waals surface area contributed by atoms with E-state index in [9.17, 15) is 0 Å². The largest absolute Gasteiger partial charge is 0.396 e. The van der Waals surface area contributed by atoms with Gasteiger partial charge in [0, 0.05) is 6.61 Å². The Balaban J connectivity index is 3.29. The van der Waals surface area contributed by atoms with Gasteiger partial charge in [0.15, 0.2) is 0 Å². The van der Waals surface area contributed by atoms with Crippen molar-refractivity contribution in [3.63, 3.8) is 0 Å². The molecule has 0 aliphatic rings. The third kappa shape index (κ3) is 20.1. The third-order valence-electron chi connectivity index (χ3n) is 5.74. The highest BCUT2D eigenvalue weighted by atomic mass is 16.2. The summed E-state index contributed by atoms with van der Waals surface area (Å²) in [6, 6.07) is 0. The van der Waals surface area contributed by atoms with E-state index >= 15 is 0 Å². The summed E-state index contributed by atoms with van der Waals surface area (Å²) in [5.74, 6) is 1.88. The van der Waals surface area contributed by atoms with Crippen LogP contribution >= 0.6 is 0 Å². The first kappa shape index (κ1) is 25.0. The fraction of sp³-hybridized carbons (Fsp3) is 1.00. The fourth-order valence-corrected chi connectivity index (χ4v) is 3.85. The molecule has 0 saturated heterocycles. The van der Waals surface area contributed by atoms with Crippen molar-refractivity contribution in [2.45, 2.75) is 136 Å². The van der Waals surface area contributed by atoms with Crippen LogP contribution in [-0.4, -0.2) is 11.7 Å². The molecule has 0 aliphatic carbocycles. The molecule has 1 atom stereocenters. The summed E-state index contributed by atoms with van der Waals surface area (Å²) in [5.41, 5.74) is 0. The van der Waals surface area contributed by atoms with Crippen LogP contribution in [0, 0.1) is 11.8 Å². The molecule has 0 spiro atoms. The maximum atomic E-state index is 8.75. The Morgan fingerprint density at radius 1 is 0.520 bits per heavy atom. The van der Waals surface area contributed by atoms with Crippen LogP contribution < -0.4 is 0 Å². The van der Waals surface area contributed by atoms with E-state index in [2.05, 4.69) is 20.8 Å². The summed E-state index contributed by atoms with van der Waals surface area (Å²) in [4.78, 5) is 0. The van der Waals surface area contributed by atoms with Gasteiger partial charge < -0.3 is 5.11 Å². The molecule has 1 heteroatoms. The average molecular weight is 355 g/mol. The van der Waals surface area contributed by atoms with E-state index in [4.69, 9.17) is 5.11 Å². The summed E-state index contributed by atoms with van der Waals surface area (Å²) >= 11 is 0. The highest BCUT2D eigenvalue weighted by Crippen LogP contribution is 2.22. The predicted molar refractivity (Wildman–Crippen MR) is 114 cm³/mol. The number of hydrogen-bond acceptors (Lipinski definition) is 1. The molecule has 1 unspecified atom stereocenters. The van der Waals surface area contributed by atoms with Crippen molar-refractivity contribution >= 4 is 0 Å². The Morgan fingerprint density at radius 3 is 1.24 bits per heavy atom. The molecule has 0 aromatic heterocycles. The molecule has 1 N–H and O–H groups in total. The second-order valence-corrected chi connectivity index (χ2v) is 8.71. The van der Waals surface area contributed by atoms with Gasteiger partial charge in [0.2, 0.25) is 0 Å². The lowest BCUT2D eigenvalue weighted by Crippen LogP contribution is -1.99. The van der Waals surface area contributed by atoms with Gasteiger partial charge in [0.05, 0.1) is 0 Å². The topological polar surface area (TPSA) is 20.2 Å². The molecule has 0 rings (SSSR count). The zero-order valence-electron chi connectivity index (χ0n) is 18.0. The molecule has 0 bridgehead atoms. The maximum Gasteiger partial charge on any atom is 0.0431 e. The number of aliphatic hydroxyl groups is 1. The van der Waals surface area contributed by atoms with Crippen LogP contribution in [0.4, 0.5) is 0 Å². The normalized spacial score (nSPS) is 12.8. The quantitative estimate of drug-likeness (QED) is 0.218. The number of unbranched alkanes of at least 4 members (excludes halogenated alkanes) is 12. The van der Waals surface area contributed by atoms with Gasteiger partial charge in [-0.15, -0.1) is 0 Å². The summed E-state index contributed by atoms with van der Waals surface area (Å²) < 4.78 is 0. The van der Waals surface area contributed by atoms with Crippen LogP contribution in [0.1, 0.15) is 136 Å². The van der Waals surface area contributed by atoms with E-state index in [1.807, 2.05) is 0 Å². The first-order valence-corrected chi connectivity index (χ1v) is 11.8. The summed E-state index contributed by atoms with van der Waals surface area (Å²) in [6.07, 6.45) is 25.1. The third-order valence-corrected chi connectivity index (χ3v) is 5.74. The lowest BCUT2D eigenvalue weighted by atomic mass is 9.92. The van der Waals surface area contributed by atoms with Crippen LogP contribution in [0.25, 0.3) is 0 Å². The SMILES string of the molecule is CCC(CCCCCCCCCCCCO)CCCCCCC(C)C. The molecule has 0 saturated carbocycles. The minimum absolute atomic E-state index is 0.372. The van der Waals surface area contributed by atoms with Crippen molar-refractivity contribution in [1.82, 2.24) is 0 Å². The first-order valence-electron chi connectivity index (χ1n) is 11.8. The van der Waals surface area contributed by atoms with Gasteiger partial charge in [0.1, 0.15) is 0 Å². The van der Waals surface area contributed by atoms with Gasteiger partial charge >= 0.3 is 0 Å². The van der Waals surface area contributed by atoms with Crippen molar-refractivity contribution in [2.75, 3.05) is 6.61 Å². The standard InChI is InChI=1S/C24H50O/c1-4-24(21-17-13-12-15-19-23(2)3)20-16-11-9-7-5-6-8-10-14-18-22-25/h23-25H,4-22H2,1-3H3. The van der Waals surface area contributed by atoms with Crippen LogP contribution in [0.2, 0.25) is 0 Å². The van der Waals surface area contributed by atoms with Gasteiger partial charge in [-0.3, -0.25) is 0 Å². The van der Waals surface area contributed by atoms with E-state index in [0.29, 0.717) is 6.61 Å². The molecule has 1 nitrogen and oxygen atoms in total. The molecule has 0 aromatic carbocycles. The Morgan fingerprint density at radius 2 is 0.880 bits per heavy atom. The van der Waals surface area contributed by atoms with Crippen LogP contribution in [-0.2, 0) is 0 Å². The van der Waals surface area contributed by atoms with E-state index in [0.717, 1.165) is 18.3 Å². The molecule has 0 heterocycles. The highest BCUT2D eigenvalue weighted by Gasteiger charge is 2.06. The van der Waals surface area contributed by atoms with Crippen molar-refractivity contribution in [3.8, 4) is 0 Å². The molecule has 0 aliphatic heterocycles. The second kappa shape index (κ2) is 20.3. The van der Waals surface area contributed by atoms with Crippen LogP contribution in [0.15, 0.2) is 0 Å². The zero-order valence-corrected chi connectivity index (χ0v) is 18.0. The van der Waals surface area contributed by atoms with Crippen molar-refractivity contribution in [3.05, 3.63) is 0 Å². The monoisotopic (exact) mass is 354 g/mol. The lowest BCUT2D eigenvalue weighted by molar-refractivity contribution is 0.282. The Labute approximate surface area is 160 Å². The van der Waals surface area contributed by atoms with E-state index in [1.54, 1.807) is 0 Å². The maximum absolute atomic E-state index is 8.75. The van der Waals surface area contributed by atoms with Gasteiger partial charge in [-0.05, 0) is 18.3 Å². The van der Waals surface area contributed by atoms with Gasteiger partial charge in [-0.2, -0.15) is 0 Å². The van der Waals surface area contributed by atoms with Crippen molar-refractivity contribution < 1.29 is 5.11 Å². The van der Waals surface area contributed by atoms with Crippen LogP contribution in [0.3, 0.4) is 0 Å². The zero-order chi connectivity index (χ0) is 18.6. The molecule has 0 aromatic rings. The smallest absolute Gasteiger partial charge is 0.0431 e. The van der Waals surface area contributed by atoms with Gasteiger partial charge in [-0.1, -0.05) is 130 Å². The fourth-order valence-electron chi connectivity index (χ4n) is 3.85. The summed E-state index contributed by atoms with van der Waals surface area (Å²) in [7, 11) is 0. The molecule has 152 valence electrons. The number of hydrogen-bond donors (Lipinski definition) is 1. The van der Waals surface area contributed by atoms with E-state index in [1.165, 1.54) is 109 Å².